The zero-order valence-electron chi connectivity index (χ0n) is 15.0. The Morgan fingerprint density at radius 2 is 1.85 bits per heavy atom. The largest absolute Gasteiger partial charge is 0.325 e. The summed E-state index contributed by atoms with van der Waals surface area (Å²) in [6.07, 6.45) is 1.68. The van der Waals surface area contributed by atoms with Crippen molar-refractivity contribution in [3.63, 3.8) is 0 Å². The SMILES string of the molecule is CSc1n[n+]2c(c(=O)[nH]1)-c1ccccc1N[C@H]2c1ccc(C(C)C)cc1. The molecule has 0 fully saturated rings. The number of thioether (sulfide) groups is 1. The van der Waals surface area contributed by atoms with E-state index in [0.29, 0.717) is 16.8 Å². The van der Waals surface area contributed by atoms with Crippen LogP contribution in [-0.4, -0.2) is 16.3 Å². The number of nitrogens with one attached hydrogen (secondary N) is 2. The summed E-state index contributed by atoms with van der Waals surface area (Å²) in [7, 11) is 0. The van der Waals surface area contributed by atoms with Crippen molar-refractivity contribution in [1.82, 2.24) is 10.1 Å². The maximum absolute atomic E-state index is 12.8. The molecule has 0 radical (unpaired) electrons. The summed E-state index contributed by atoms with van der Waals surface area (Å²) in [5.41, 5.74) is 4.62. The number of H-pyrrole nitrogens is 1. The molecule has 1 aromatic heterocycles. The van der Waals surface area contributed by atoms with E-state index >= 15 is 0 Å². The molecule has 0 aliphatic carbocycles. The number of nitrogens with zero attached hydrogens (tertiary/aromatic N) is 2. The smallest absolute Gasteiger partial charge is 0.321 e. The van der Waals surface area contributed by atoms with E-state index in [0.717, 1.165) is 16.8 Å². The van der Waals surface area contributed by atoms with Crippen LogP contribution < -0.4 is 15.6 Å². The van der Waals surface area contributed by atoms with Gasteiger partial charge in [-0.15, -0.1) is 0 Å². The predicted octanol–water partition coefficient (Wildman–Crippen LogP) is 3.54. The molecular weight excluding hydrogens is 344 g/mol. The molecule has 0 amide bonds. The molecule has 0 bridgehead atoms. The first-order valence-electron chi connectivity index (χ1n) is 8.64. The monoisotopic (exact) mass is 365 g/mol. The zero-order chi connectivity index (χ0) is 18.3. The number of benzene rings is 2. The van der Waals surface area contributed by atoms with E-state index in [4.69, 9.17) is 0 Å². The second-order valence-corrected chi connectivity index (χ2v) is 7.47. The summed E-state index contributed by atoms with van der Waals surface area (Å²) in [5.74, 6) is 0.480. The summed E-state index contributed by atoms with van der Waals surface area (Å²) in [6, 6.07) is 16.4. The van der Waals surface area contributed by atoms with Gasteiger partial charge in [-0.1, -0.05) is 49.9 Å². The van der Waals surface area contributed by atoms with Crippen LogP contribution in [0.4, 0.5) is 5.69 Å². The van der Waals surface area contributed by atoms with Crippen molar-refractivity contribution in [2.45, 2.75) is 31.1 Å². The number of anilines is 1. The van der Waals surface area contributed by atoms with Gasteiger partial charge in [0.15, 0.2) is 0 Å². The Labute approximate surface area is 156 Å². The van der Waals surface area contributed by atoms with E-state index in [-0.39, 0.29) is 11.7 Å². The fourth-order valence-electron chi connectivity index (χ4n) is 3.27. The molecule has 5 nitrogen and oxygen atoms in total. The number of rotatable bonds is 3. The normalized spacial score (nSPS) is 15.3. The molecule has 1 atom stereocenters. The van der Waals surface area contributed by atoms with Crippen LogP contribution in [0.25, 0.3) is 11.3 Å². The quantitative estimate of drug-likeness (QED) is 0.550. The van der Waals surface area contributed by atoms with Gasteiger partial charge in [0.05, 0.1) is 11.3 Å². The van der Waals surface area contributed by atoms with Crippen molar-refractivity contribution in [3.8, 4) is 11.3 Å². The molecule has 3 aromatic rings. The van der Waals surface area contributed by atoms with Crippen molar-refractivity contribution >= 4 is 17.4 Å². The summed E-state index contributed by atoms with van der Waals surface area (Å²) < 4.78 is 1.80. The standard InChI is InChI=1S/C20H20N4OS/c1-12(2)13-8-10-14(11-9-13)18-21-16-7-5-4-6-15(16)17-19(25)22-20(26-3)23-24(17)18/h4-12,18H,1-3H3,(H,22,23,25)/p+1/t18-/m1/s1. The Hall–Kier alpha value is -2.60. The van der Waals surface area contributed by atoms with E-state index in [2.05, 4.69) is 53.5 Å². The third-order valence-electron chi connectivity index (χ3n) is 4.69. The highest BCUT2D eigenvalue weighted by atomic mass is 32.2. The molecule has 1 aliphatic heterocycles. The molecule has 26 heavy (non-hydrogen) atoms. The number of aromatic nitrogens is 3. The molecular formula is C20H21N4OS+. The van der Waals surface area contributed by atoms with E-state index in [1.807, 2.05) is 30.5 Å². The minimum atomic E-state index is -0.227. The highest BCUT2D eigenvalue weighted by Gasteiger charge is 2.37. The second kappa shape index (κ2) is 6.61. The Morgan fingerprint density at radius 3 is 2.54 bits per heavy atom. The Morgan fingerprint density at radius 1 is 1.12 bits per heavy atom. The Balaban J connectivity index is 1.90. The van der Waals surface area contributed by atoms with Gasteiger partial charge < -0.3 is 5.32 Å². The van der Waals surface area contributed by atoms with Gasteiger partial charge >= 0.3 is 11.3 Å². The van der Waals surface area contributed by atoms with Gasteiger partial charge in [-0.25, -0.2) is 0 Å². The number of para-hydroxylation sites is 1. The van der Waals surface area contributed by atoms with Crippen molar-refractivity contribution in [1.29, 1.82) is 0 Å². The van der Waals surface area contributed by atoms with Gasteiger partial charge in [-0.05, 0) is 46.7 Å². The van der Waals surface area contributed by atoms with Gasteiger partial charge in [0.25, 0.3) is 6.17 Å². The lowest BCUT2D eigenvalue weighted by atomic mass is 9.99. The van der Waals surface area contributed by atoms with Crippen LogP contribution in [0.2, 0.25) is 0 Å². The minimum Gasteiger partial charge on any atom is -0.321 e. The van der Waals surface area contributed by atoms with Crippen molar-refractivity contribution in [2.75, 3.05) is 11.6 Å². The molecule has 2 heterocycles. The third-order valence-corrected chi connectivity index (χ3v) is 5.26. The molecule has 6 heteroatoms. The van der Waals surface area contributed by atoms with Crippen LogP contribution in [0.3, 0.4) is 0 Å². The number of hydrogen-bond acceptors (Lipinski definition) is 4. The lowest BCUT2D eigenvalue weighted by Gasteiger charge is -2.22. The van der Waals surface area contributed by atoms with Crippen LogP contribution in [0, 0.1) is 0 Å². The maximum Gasteiger partial charge on any atom is 0.325 e. The summed E-state index contributed by atoms with van der Waals surface area (Å²) >= 11 is 1.43. The van der Waals surface area contributed by atoms with Crippen LogP contribution in [-0.2, 0) is 0 Å². The molecule has 2 N–H and O–H groups in total. The first-order valence-corrected chi connectivity index (χ1v) is 9.87. The molecule has 2 aromatic carbocycles. The highest BCUT2D eigenvalue weighted by molar-refractivity contribution is 7.98. The number of aromatic amines is 1. The average molecular weight is 365 g/mol. The zero-order valence-corrected chi connectivity index (χ0v) is 15.8. The van der Waals surface area contributed by atoms with E-state index in [1.54, 1.807) is 4.68 Å². The third kappa shape index (κ3) is 2.80. The van der Waals surface area contributed by atoms with Crippen molar-refractivity contribution in [3.05, 3.63) is 70.0 Å². The maximum atomic E-state index is 12.8. The molecule has 1 aliphatic rings. The van der Waals surface area contributed by atoms with E-state index < -0.39 is 0 Å². The molecule has 0 unspecified atom stereocenters. The minimum absolute atomic E-state index is 0.123. The molecule has 0 saturated heterocycles. The molecule has 4 rings (SSSR count). The van der Waals surface area contributed by atoms with Gasteiger partial charge in [0.2, 0.25) is 5.16 Å². The topological polar surface area (TPSA) is 61.7 Å². The lowest BCUT2D eigenvalue weighted by Crippen LogP contribution is -2.55. The fourth-order valence-corrected chi connectivity index (χ4v) is 3.63. The van der Waals surface area contributed by atoms with Gasteiger partial charge in [0, 0.05) is 10.7 Å². The predicted molar refractivity (Wildman–Crippen MR) is 105 cm³/mol. The van der Waals surface area contributed by atoms with Gasteiger partial charge in [-0.3, -0.25) is 9.78 Å². The van der Waals surface area contributed by atoms with Crippen molar-refractivity contribution < 1.29 is 4.68 Å². The Bertz CT molecular complexity index is 1010. The first kappa shape index (κ1) is 16.8. The molecule has 0 saturated carbocycles. The van der Waals surface area contributed by atoms with Crippen LogP contribution in [0.5, 0.6) is 0 Å². The van der Waals surface area contributed by atoms with Crippen LogP contribution >= 0.6 is 11.8 Å². The number of fused-ring (bicyclic) bond motifs is 3. The van der Waals surface area contributed by atoms with Crippen molar-refractivity contribution in [2.24, 2.45) is 0 Å². The van der Waals surface area contributed by atoms with Gasteiger partial charge in [0.1, 0.15) is 0 Å². The van der Waals surface area contributed by atoms with E-state index in [9.17, 15) is 4.79 Å². The summed E-state index contributed by atoms with van der Waals surface area (Å²) in [4.78, 5) is 15.6. The highest BCUT2D eigenvalue weighted by Crippen LogP contribution is 2.31. The first-order chi connectivity index (χ1) is 12.6. The van der Waals surface area contributed by atoms with Gasteiger partial charge in [-0.2, -0.15) is 0 Å². The Kier molecular flexibility index (Phi) is 4.28. The fraction of sp³-hybridized carbons (Fsp3) is 0.250. The molecule has 0 spiro atoms. The molecule has 132 valence electrons. The van der Waals surface area contributed by atoms with Crippen LogP contribution in [0.1, 0.15) is 37.1 Å². The summed E-state index contributed by atoms with van der Waals surface area (Å²) in [6.45, 7) is 4.36. The lowest BCUT2D eigenvalue weighted by molar-refractivity contribution is -0.759. The van der Waals surface area contributed by atoms with Crippen LogP contribution in [0.15, 0.2) is 58.5 Å². The second-order valence-electron chi connectivity index (χ2n) is 6.67. The average Bonchev–Trinajstić information content (AvgIpc) is 2.67. The summed E-state index contributed by atoms with van der Waals surface area (Å²) in [5, 5.41) is 8.80. The number of hydrogen-bond donors (Lipinski definition) is 2. The van der Waals surface area contributed by atoms with E-state index in [1.165, 1.54) is 17.3 Å².